The molecule has 1 rings (SSSR count). The van der Waals surface area contributed by atoms with Crippen LogP contribution in [0.3, 0.4) is 0 Å². The third kappa shape index (κ3) is 2.23. The van der Waals surface area contributed by atoms with Crippen LogP contribution in [0.5, 0.6) is 0 Å². The first kappa shape index (κ1) is 9.97. The first-order valence-corrected chi connectivity index (χ1v) is 3.01. The van der Waals surface area contributed by atoms with Gasteiger partial charge in [0, 0.05) is 7.05 Å². The normalized spacial score (nSPS) is 8.55. The van der Waals surface area contributed by atoms with E-state index in [2.05, 4.69) is 15.3 Å². The molecule has 1 heterocycles. The molecule has 0 aliphatic heterocycles. The predicted octanol–water partition coefficient (Wildman–Crippen LogP) is 0.831. The van der Waals surface area contributed by atoms with Gasteiger partial charge in [-0.3, -0.25) is 0 Å². The third-order valence-corrected chi connectivity index (χ3v) is 1.21. The van der Waals surface area contributed by atoms with Gasteiger partial charge in [0.1, 0.15) is 5.82 Å². The number of halogens is 1. The molecule has 1 aromatic rings. The second-order valence-electron chi connectivity index (χ2n) is 1.97. The van der Waals surface area contributed by atoms with E-state index in [4.69, 9.17) is 5.73 Å². The Balaban J connectivity index is 0.000001000. The van der Waals surface area contributed by atoms with E-state index in [1.165, 1.54) is 0 Å². The molecule has 0 saturated heterocycles. The van der Waals surface area contributed by atoms with Crippen molar-refractivity contribution >= 4 is 23.9 Å². The van der Waals surface area contributed by atoms with Crippen LogP contribution in [0.4, 0.5) is 11.5 Å². The Morgan fingerprint density at radius 3 is 2.64 bits per heavy atom. The number of nitrogens with two attached hydrogens (primary N) is 1. The number of nitrogens with one attached hydrogen (secondary N) is 1. The van der Waals surface area contributed by atoms with Crippen LogP contribution in [0.25, 0.3) is 0 Å². The number of rotatable bonds is 1. The van der Waals surface area contributed by atoms with Crippen molar-refractivity contribution in [3.63, 3.8) is 0 Å². The maximum absolute atomic E-state index is 5.52. The topological polar surface area (TPSA) is 63.8 Å². The minimum atomic E-state index is 0. The molecule has 0 atom stereocenters. The zero-order valence-corrected chi connectivity index (χ0v) is 7.27. The quantitative estimate of drug-likeness (QED) is 0.662. The Labute approximate surface area is 71.6 Å². The Hall–Kier alpha value is -1.03. The summed E-state index contributed by atoms with van der Waals surface area (Å²) < 4.78 is 0. The van der Waals surface area contributed by atoms with Gasteiger partial charge in [-0.1, -0.05) is 0 Å². The summed E-state index contributed by atoms with van der Waals surface area (Å²) in [6.07, 6.45) is 1.66. The number of nitrogen functional groups attached to an aromatic ring is 1. The first-order chi connectivity index (χ1) is 4.74. The van der Waals surface area contributed by atoms with Gasteiger partial charge in [-0.25, -0.2) is 9.97 Å². The second kappa shape index (κ2) is 3.98. The number of hydrogen-bond donors (Lipinski definition) is 2. The molecular weight excluding hydrogens is 164 g/mol. The Bertz CT molecular complexity index is 238. The number of hydrogen-bond acceptors (Lipinski definition) is 4. The lowest BCUT2D eigenvalue weighted by Gasteiger charge is -2.01. The molecule has 1 aromatic heterocycles. The minimum absolute atomic E-state index is 0. The van der Waals surface area contributed by atoms with E-state index in [9.17, 15) is 0 Å². The van der Waals surface area contributed by atoms with Gasteiger partial charge in [-0.05, 0) is 6.92 Å². The molecule has 0 spiro atoms. The number of aromatic nitrogens is 2. The molecular formula is C6H11ClN4. The molecule has 0 fully saturated rings. The number of anilines is 2. The molecule has 0 aromatic carbocycles. The van der Waals surface area contributed by atoms with Crippen molar-refractivity contribution in [1.29, 1.82) is 0 Å². The van der Waals surface area contributed by atoms with Crippen LogP contribution < -0.4 is 11.1 Å². The minimum Gasteiger partial charge on any atom is -0.384 e. The summed E-state index contributed by atoms with van der Waals surface area (Å²) in [6.45, 7) is 1.80. The monoisotopic (exact) mass is 174 g/mol. The summed E-state index contributed by atoms with van der Waals surface area (Å²) in [5.41, 5.74) is 6.29. The van der Waals surface area contributed by atoms with Crippen LogP contribution in [0.1, 0.15) is 5.82 Å². The average Bonchev–Trinajstić information content (AvgIpc) is 1.88. The molecule has 5 heteroatoms. The Morgan fingerprint density at radius 2 is 2.18 bits per heavy atom. The maximum Gasteiger partial charge on any atom is 0.150 e. The van der Waals surface area contributed by atoms with E-state index in [1.807, 2.05) is 0 Å². The van der Waals surface area contributed by atoms with E-state index in [1.54, 1.807) is 20.2 Å². The Morgan fingerprint density at radius 1 is 1.55 bits per heavy atom. The molecule has 4 nitrogen and oxygen atoms in total. The largest absolute Gasteiger partial charge is 0.384 e. The van der Waals surface area contributed by atoms with Crippen molar-refractivity contribution in [1.82, 2.24) is 9.97 Å². The highest BCUT2D eigenvalue weighted by Crippen LogP contribution is 2.11. The molecule has 0 aliphatic carbocycles. The van der Waals surface area contributed by atoms with Crippen molar-refractivity contribution in [3.8, 4) is 0 Å². The molecule has 0 saturated carbocycles. The van der Waals surface area contributed by atoms with Gasteiger partial charge in [0.15, 0.2) is 5.82 Å². The van der Waals surface area contributed by atoms with Gasteiger partial charge >= 0.3 is 0 Å². The van der Waals surface area contributed by atoms with Gasteiger partial charge < -0.3 is 11.1 Å². The summed E-state index contributed by atoms with van der Waals surface area (Å²) >= 11 is 0. The second-order valence-corrected chi connectivity index (χ2v) is 1.97. The molecule has 3 N–H and O–H groups in total. The molecule has 0 aliphatic rings. The lowest BCUT2D eigenvalue weighted by atomic mass is 10.4. The molecule has 0 unspecified atom stereocenters. The Kier molecular flexibility index (Phi) is 3.60. The molecule has 62 valence electrons. The highest BCUT2D eigenvalue weighted by atomic mass is 35.5. The van der Waals surface area contributed by atoms with Crippen LogP contribution in [0, 0.1) is 6.92 Å². The summed E-state index contributed by atoms with van der Waals surface area (Å²) in [4.78, 5) is 7.91. The molecule has 0 amide bonds. The molecule has 0 bridgehead atoms. The first-order valence-electron chi connectivity index (χ1n) is 3.01. The van der Waals surface area contributed by atoms with E-state index in [0.717, 1.165) is 5.69 Å². The fourth-order valence-electron chi connectivity index (χ4n) is 0.680. The van der Waals surface area contributed by atoms with Gasteiger partial charge in [-0.15, -0.1) is 12.4 Å². The number of aryl methyl sites for hydroxylation is 1. The summed E-state index contributed by atoms with van der Waals surface area (Å²) in [5, 5.41) is 2.87. The van der Waals surface area contributed by atoms with Crippen LogP contribution in [-0.2, 0) is 0 Å². The summed E-state index contributed by atoms with van der Waals surface area (Å²) in [7, 11) is 1.78. The van der Waals surface area contributed by atoms with Crippen LogP contribution in [0.15, 0.2) is 6.20 Å². The van der Waals surface area contributed by atoms with E-state index >= 15 is 0 Å². The van der Waals surface area contributed by atoms with Gasteiger partial charge in [0.05, 0.1) is 11.9 Å². The smallest absolute Gasteiger partial charge is 0.150 e. The zero-order valence-electron chi connectivity index (χ0n) is 6.46. The van der Waals surface area contributed by atoms with Gasteiger partial charge in [0.25, 0.3) is 0 Å². The highest BCUT2D eigenvalue weighted by Gasteiger charge is 1.96. The summed E-state index contributed by atoms with van der Waals surface area (Å²) in [5.74, 6) is 1.19. The maximum atomic E-state index is 5.52. The lowest BCUT2D eigenvalue weighted by molar-refractivity contribution is 1.06. The van der Waals surface area contributed by atoms with Crippen LogP contribution >= 0.6 is 12.4 Å². The zero-order chi connectivity index (χ0) is 7.56. The predicted molar refractivity (Wildman–Crippen MR) is 48.0 cm³/mol. The van der Waals surface area contributed by atoms with Crippen molar-refractivity contribution in [2.24, 2.45) is 0 Å². The summed E-state index contributed by atoms with van der Waals surface area (Å²) in [6, 6.07) is 0. The van der Waals surface area contributed by atoms with E-state index in [0.29, 0.717) is 11.6 Å². The average molecular weight is 175 g/mol. The van der Waals surface area contributed by atoms with E-state index in [-0.39, 0.29) is 12.4 Å². The van der Waals surface area contributed by atoms with Crippen molar-refractivity contribution in [2.75, 3.05) is 18.1 Å². The highest BCUT2D eigenvalue weighted by molar-refractivity contribution is 5.85. The van der Waals surface area contributed by atoms with Gasteiger partial charge in [0.2, 0.25) is 0 Å². The van der Waals surface area contributed by atoms with Crippen molar-refractivity contribution in [3.05, 3.63) is 12.0 Å². The van der Waals surface area contributed by atoms with Gasteiger partial charge in [-0.2, -0.15) is 0 Å². The van der Waals surface area contributed by atoms with E-state index < -0.39 is 0 Å². The molecule has 0 radical (unpaired) electrons. The van der Waals surface area contributed by atoms with Crippen LogP contribution in [-0.4, -0.2) is 17.0 Å². The fourth-order valence-corrected chi connectivity index (χ4v) is 0.680. The third-order valence-electron chi connectivity index (χ3n) is 1.21. The fraction of sp³-hybridized carbons (Fsp3) is 0.333. The lowest BCUT2D eigenvalue weighted by Crippen LogP contribution is -2.00. The molecule has 11 heavy (non-hydrogen) atoms. The number of nitrogens with zero attached hydrogens (tertiary/aromatic N) is 2. The van der Waals surface area contributed by atoms with Crippen LogP contribution in [0.2, 0.25) is 0 Å². The SMILES string of the molecule is CNc1cnc(C)nc1N.Cl. The van der Waals surface area contributed by atoms with Crippen molar-refractivity contribution in [2.45, 2.75) is 6.92 Å². The van der Waals surface area contributed by atoms with Crippen molar-refractivity contribution < 1.29 is 0 Å². The standard InChI is InChI=1S/C6H10N4.ClH/c1-4-9-3-5(8-2)6(7)10-4;/h3,8H,1-2H3,(H2,7,9,10);1H.